The smallest absolute Gasteiger partial charge is 0.251 e. The molecule has 0 spiro atoms. The Balaban J connectivity index is 1.84. The van der Waals surface area contributed by atoms with E-state index in [-0.39, 0.29) is 11.9 Å². The van der Waals surface area contributed by atoms with Crippen molar-refractivity contribution >= 4 is 5.91 Å². The third-order valence-electron chi connectivity index (χ3n) is 3.06. The van der Waals surface area contributed by atoms with Crippen LogP contribution in [0.2, 0.25) is 0 Å². The van der Waals surface area contributed by atoms with Gasteiger partial charge in [-0.05, 0) is 44.5 Å². The summed E-state index contributed by atoms with van der Waals surface area (Å²) in [4.78, 5) is 12.0. The highest BCUT2D eigenvalue weighted by molar-refractivity contribution is 5.94. The third-order valence-corrected chi connectivity index (χ3v) is 3.06. The monoisotopic (exact) mass is 257 g/mol. The van der Waals surface area contributed by atoms with Crippen molar-refractivity contribution in [3.8, 4) is 0 Å². The zero-order valence-electron chi connectivity index (χ0n) is 11.3. The molecular weight excluding hydrogens is 238 g/mol. The van der Waals surface area contributed by atoms with Crippen molar-refractivity contribution < 1.29 is 9.21 Å². The van der Waals surface area contributed by atoms with Crippen LogP contribution >= 0.6 is 0 Å². The van der Waals surface area contributed by atoms with Gasteiger partial charge in [0.2, 0.25) is 0 Å². The van der Waals surface area contributed by atoms with Gasteiger partial charge >= 0.3 is 0 Å². The molecule has 1 unspecified atom stereocenters. The van der Waals surface area contributed by atoms with Gasteiger partial charge in [-0.15, -0.1) is 0 Å². The molecule has 19 heavy (non-hydrogen) atoms. The van der Waals surface area contributed by atoms with Crippen molar-refractivity contribution in [2.24, 2.45) is 0 Å². The maximum atomic E-state index is 12.0. The van der Waals surface area contributed by atoms with Crippen molar-refractivity contribution in [2.45, 2.75) is 32.7 Å². The number of amides is 1. The first-order valence-corrected chi connectivity index (χ1v) is 6.55. The lowest BCUT2D eigenvalue weighted by Crippen LogP contribution is -2.32. The molecule has 3 heteroatoms. The summed E-state index contributed by atoms with van der Waals surface area (Å²) in [5.41, 5.74) is 1.81. The number of furan rings is 1. The Kier molecular flexibility index (Phi) is 4.39. The molecule has 0 aliphatic heterocycles. The Labute approximate surface area is 113 Å². The van der Waals surface area contributed by atoms with Gasteiger partial charge in [-0.2, -0.15) is 0 Å². The summed E-state index contributed by atoms with van der Waals surface area (Å²) in [5.74, 6) is 0.937. The predicted molar refractivity (Wildman–Crippen MR) is 75.1 cm³/mol. The van der Waals surface area contributed by atoms with Crippen molar-refractivity contribution in [1.82, 2.24) is 5.32 Å². The number of carbonyl (C=O) groups is 1. The fourth-order valence-electron chi connectivity index (χ4n) is 1.98. The summed E-state index contributed by atoms with van der Waals surface area (Å²) >= 11 is 0. The zero-order chi connectivity index (χ0) is 13.7. The van der Waals surface area contributed by atoms with E-state index >= 15 is 0 Å². The first-order valence-electron chi connectivity index (χ1n) is 6.55. The minimum absolute atomic E-state index is 0.0179. The number of aryl methyl sites for hydroxylation is 2. The molecule has 1 aromatic carbocycles. The van der Waals surface area contributed by atoms with Gasteiger partial charge in [-0.1, -0.05) is 17.7 Å². The lowest BCUT2D eigenvalue weighted by Gasteiger charge is -2.13. The zero-order valence-corrected chi connectivity index (χ0v) is 11.3. The molecule has 1 N–H and O–H groups in total. The largest absolute Gasteiger partial charge is 0.469 e. The number of hydrogen-bond donors (Lipinski definition) is 1. The van der Waals surface area contributed by atoms with Crippen LogP contribution in [0.15, 0.2) is 47.1 Å². The SMILES string of the molecule is Cc1cccc(C(=O)NC(C)CCc2ccco2)c1. The number of hydrogen-bond acceptors (Lipinski definition) is 2. The van der Waals surface area contributed by atoms with Gasteiger partial charge in [0.05, 0.1) is 6.26 Å². The van der Waals surface area contributed by atoms with Crippen LogP contribution in [0.25, 0.3) is 0 Å². The number of nitrogens with one attached hydrogen (secondary N) is 1. The molecule has 0 saturated carbocycles. The quantitative estimate of drug-likeness (QED) is 0.892. The highest BCUT2D eigenvalue weighted by Crippen LogP contribution is 2.08. The Morgan fingerprint density at radius 3 is 2.84 bits per heavy atom. The normalized spacial score (nSPS) is 12.1. The Morgan fingerprint density at radius 1 is 1.32 bits per heavy atom. The van der Waals surface area contributed by atoms with E-state index in [2.05, 4.69) is 5.32 Å². The average molecular weight is 257 g/mol. The minimum atomic E-state index is -0.0179. The van der Waals surface area contributed by atoms with Gasteiger partial charge in [-0.25, -0.2) is 0 Å². The summed E-state index contributed by atoms with van der Waals surface area (Å²) in [6.07, 6.45) is 3.37. The molecule has 2 aromatic rings. The number of benzene rings is 1. The molecular formula is C16H19NO2. The van der Waals surface area contributed by atoms with E-state index in [1.807, 2.05) is 50.2 Å². The predicted octanol–water partition coefficient (Wildman–Crippen LogP) is 3.34. The molecule has 1 aromatic heterocycles. The average Bonchev–Trinajstić information content (AvgIpc) is 2.89. The minimum Gasteiger partial charge on any atom is -0.469 e. The number of carbonyl (C=O) groups excluding carboxylic acids is 1. The topological polar surface area (TPSA) is 42.2 Å². The molecule has 1 heterocycles. The molecule has 0 aliphatic rings. The van der Waals surface area contributed by atoms with E-state index in [0.717, 1.165) is 24.2 Å². The number of rotatable bonds is 5. The van der Waals surface area contributed by atoms with Gasteiger partial charge in [0.25, 0.3) is 5.91 Å². The molecule has 0 fully saturated rings. The lowest BCUT2D eigenvalue weighted by atomic mass is 10.1. The summed E-state index contributed by atoms with van der Waals surface area (Å²) < 4.78 is 5.28. The van der Waals surface area contributed by atoms with E-state index in [1.54, 1.807) is 6.26 Å². The molecule has 0 bridgehead atoms. The molecule has 0 saturated heterocycles. The summed E-state index contributed by atoms with van der Waals surface area (Å²) in [5, 5.41) is 3.01. The standard InChI is InChI=1S/C16H19NO2/c1-12-5-3-6-14(11-12)16(18)17-13(2)8-9-15-7-4-10-19-15/h3-7,10-11,13H,8-9H2,1-2H3,(H,17,18). The third kappa shape index (κ3) is 3.98. The summed E-state index contributed by atoms with van der Waals surface area (Å²) in [7, 11) is 0. The first kappa shape index (κ1) is 13.4. The maximum absolute atomic E-state index is 12.0. The second-order valence-corrected chi connectivity index (χ2v) is 4.86. The second kappa shape index (κ2) is 6.23. The van der Waals surface area contributed by atoms with Gasteiger partial charge in [0.1, 0.15) is 5.76 Å². The highest BCUT2D eigenvalue weighted by Gasteiger charge is 2.10. The summed E-state index contributed by atoms with van der Waals surface area (Å²) in [6, 6.07) is 11.6. The van der Waals surface area contributed by atoms with Gasteiger partial charge < -0.3 is 9.73 Å². The summed E-state index contributed by atoms with van der Waals surface area (Å²) in [6.45, 7) is 3.99. The van der Waals surface area contributed by atoms with Crippen LogP contribution in [-0.2, 0) is 6.42 Å². The Hall–Kier alpha value is -2.03. The van der Waals surface area contributed by atoms with E-state index in [4.69, 9.17) is 4.42 Å². The Bertz CT molecular complexity index is 531. The molecule has 100 valence electrons. The molecule has 0 aliphatic carbocycles. The van der Waals surface area contributed by atoms with Crippen LogP contribution < -0.4 is 5.32 Å². The fraction of sp³-hybridized carbons (Fsp3) is 0.312. The first-order chi connectivity index (χ1) is 9.15. The van der Waals surface area contributed by atoms with Gasteiger partial charge in [0, 0.05) is 18.0 Å². The van der Waals surface area contributed by atoms with E-state index < -0.39 is 0 Å². The lowest BCUT2D eigenvalue weighted by molar-refractivity contribution is 0.0938. The van der Waals surface area contributed by atoms with Gasteiger partial charge in [-0.3, -0.25) is 4.79 Å². The molecule has 1 amide bonds. The van der Waals surface area contributed by atoms with E-state index in [0.29, 0.717) is 5.56 Å². The maximum Gasteiger partial charge on any atom is 0.251 e. The van der Waals surface area contributed by atoms with Crippen LogP contribution in [0.4, 0.5) is 0 Å². The van der Waals surface area contributed by atoms with Crippen molar-refractivity contribution in [3.05, 3.63) is 59.5 Å². The van der Waals surface area contributed by atoms with Gasteiger partial charge in [0.15, 0.2) is 0 Å². The highest BCUT2D eigenvalue weighted by atomic mass is 16.3. The van der Waals surface area contributed by atoms with Crippen LogP contribution in [0.3, 0.4) is 0 Å². The second-order valence-electron chi connectivity index (χ2n) is 4.86. The molecule has 2 rings (SSSR count). The van der Waals surface area contributed by atoms with Crippen LogP contribution in [0.5, 0.6) is 0 Å². The van der Waals surface area contributed by atoms with Crippen LogP contribution in [0.1, 0.15) is 35.0 Å². The molecule has 0 radical (unpaired) electrons. The Morgan fingerprint density at radius 2 is 2.16 bits per heavy atom. The van der Waals surface area contributed by atoms with Crippen molar-refractivity contribution in [2.75, 3.05) is 0 Å². The molecule has 1 atom stereocenters. The van der Waals surface area contributed by atoms with Crippen molar-refractivity contribution in [3.63, 3.8) is 0 Å². The van der Waals surface area contributed by atoms with Crippen molar-refractivity contribution in [1.29, 1.82) is 0 Å². The van der Waals surface area contributed by atoms with Crippen LogP contribution in [-0.4, -0.2) is 11.9 Å². The van der Waals surface area contributed by atoms with Crippen LogP contribution in [0, 0.1) is 6.92 Å². The molecule has 3 nitrogen and oxygen atoms in total. The van der Waals surface area contributed by atoms with E-state index in [1.165, 1.54) is 0 Å². The van der Waals surface area contributed by atoms with E-state index in [9.17, 15) is 4.79 Å². The fourth-order valence-corrected chi connectivity index (χ4v) is 1.98.